The molecule has 0 saturated heterocycles. The second kappa shape index (κ2) is 7.08. The maximum absolute atomic E-state index is 12.3. The summed E-state index contributed by atoms with van der Waals surface area (Å²) in [5.74, 6) is -0.680. The minimum absolute atomic E-state index is 0.0362. The molecule has 0 spiro atoms. The van der Waals surface area contributed by atoms with Crippen LogP contribution in [0, 0.1) is 5.92 Å². The molecule has 0 aliphatic rings. The topological polar surface area (TPSA) is 66.4 Å². The van der Waals surface area contributed by atoms with Crippen molar-refractivity contribution in [1.29, 1.82) is 0 Å². The number of aliphatic carboxylic acids is 1. The van der Waals surface area contributed by atoms with E-state index in [4.69, 9.17) is 5.11 Å². The van der Waals surface area contributed by atoms with Gasteiger partial charge < -0.3 is 10.4 Å². The minimum atomic E-state index is -0.798. The summed E-state index contributed by atoms with van der Waals surface area (Å²) in [6.45, 7) is 6.22. The van der Waals surface area contributed by atoms with Crippen LogP contribution in [0.1, 0.15) is 39.2 Å². The summed E-state index contributed by atoms with van der Waals surface area (Å²) in [7, 11) is 0. The zero-order chi connectivity index (χ0) is 15.2. The number of rotatable bonds is 7. The van der Waals surface area contributed by atoms with E-state index >= 15 is 0 Å². The lowest BCUT2D eigenvalue weighted by Gasteiger charge is -2.25. The third kappa shape index (κ3) is 4.68. The highest BCUT2D eigenvalue weighted by atomic mass is 16.4. The molecule has 1 atom stereocenters. The minimum Gasteiger partial charge on any atom is -0.481 e. The van der Waals surface area contributed by atoms with Crippen LogP contribution >= 0.6 is 0 Å². The molecule has 1 aromatic rings. The largest absolute Gasteiger partial charge is 0.481 e. The average molecular weight is 277 g/mol. The van der Waals surface area contributed by atoms with Gasteiger partial charge in [-0.25, -0.2) is 0 Å². The van der Waals surface area contributed by atoms with Crippen molar-refractivity contribution in [1.82, 2.24) is 5.32 Å². The Labute approximate surface area is 120 Å². The quantitative estimate of drug-likeness (QED) is 0.805. The Morgan fingerprint density at radius 3 is 2.40 bits per heavy atom. The molecule has 1 aromatic carbocycles. The van der Waals surface area contributed by atoms with Gasteiger partial charge in [-0.2, -0.15) is 0 Å². The summed E-state index contributed by atoms with van der Waals surface area (Å²) in [6, 6.07) is 9.63. The van der Waals surface area contributed by atoms with Gasteiger partial charge in [-0.1, -0.05) is 37.3 Å². The molecule has 1 rings (SSSR count). The Morgan fingerprint density at radius 2 is 1.85 bits per heavy atom. The van der Waals surface area contributed by atoms with E-state index in [2.05, 4.69) is 5.32 Å². The van der Waals surface area contributed by atoms with E-state index < -0.39 is 11.4 Å². The Hall–Kier alpha value is -1.84. The summed E-state index contributed by atoms with van der Waals surface area (Å²) in [4.78, 5) is 22.8. The zero-order valence-electron chi connectivity index (χ0n) is 12.3. The van der Waals surface area contributed by atoms with Gasteiger partial charge in [0.05, 0.1) is 5.41 Å². The summed E-state index contributed by atoms with van der Waals surface area (Å²) >= 11 is 0. The first-order valence-corrected chi connectivity index (χ1v) is 6.89. The number of nitrogens with one attached hydrogen (secondary N) is 1. The molecule has 4 heteroatoms. The molecule has 0 aromatic heterocycles. The third-order valence-corrected chi connectivity index (χ3v) is 3.53. The van der Waals surface area contributed by atoms with E-state index in [0.29, 0.717) is 13.0 Å². The van der Waals surface area contributed by atoms with Gasteiger partial charge in [-0.3, -0.25) is 9.59 Å². The van der Waals surface area contributed by atoms with Gasteiger partial charge in [0.1, 0.15) is 0 Å². The highest BCUT2D eigenvalue weighted by Crippen LogP contribution is 2.23. The van der Waals surface area contributed by atoms with Gasteiger partial charge in [0.25, 0.3) is 0 Å². The monoisotopic (exact) mass is 277 g/mol. The molecule has 0 saturated carbocycles. The lowest BCUT2D eigenvalue weighted by Crippen LogP contribution is -2.41. The van der Waals surface area contributed by atoms with Gasteiger partial charge in [-0.05, 0) is 31.7 Å². The standard InChI is InChI=1S/C16H23NO3/c1-12(9-10-14(18)19)11-17-15(20)16(2,3)13-7-5-4-6-8-13/h4-8,12H,9-11H2,1-3H3,(H,17,20)(H,18,19). The van der Waals surface area contributed by atoms with Crippen molar-refractivity contribution < 1.29 is 14.7 Å². The fourth-order valence-corrected chi connectivity index (χ4v) is 1.95. The summed E-state index contributed by atoms with van der Waals surface area (Å²) in [5.41, 5.74) is 0.379. The number of hydrogen-bond acceptors (Lipinski definition) is 2. The second-order valence-electron chi connectivity index (χ2n) is 5.74. The molecule has 0 radical (unpaired) electrons. The predicted molar refractivity (Wildman–Crippen MR) is 78.5 cm³/mol. The Balaban J connectivity index is 2.52. The lowest BCUT2D eigenvalue weighted by molar-refractivity contribution is -0.137. The van der Waals surface area contributed by atoms with Crippen molar-refractivity contribution in [3.63, 3.8) is 0 Å². The molecule has 20 heavy (non-hydrogen) atoms. The number of carbonyl (C=O) groups excluding carboxylic acids is 1. The predicted octanol–water partition coefficient (Wildman–Crippen LogP) is 2.58. The molecule has 0 aliphatic carbocycles. The first-order chi connectivity index (χ1) is 9.34. The van der Waals surface area contributed by atoms with E-state index in [-0.39, 0.29) is 18.2 Å². The van der Waals surface area contributed by atoms with Crippen LogP contribution in [0.25, 0.3) is 0 Å². The van der Waals surface area contributed by atoms with Crippen molar-refractivity contribution in [2.45, 2.75) is 39.0 Å². The van der Waals surface area contributed by atoms with Crippen molar-refractivity contribution >= 4 is 11.9 Å². The van der Waals surface area contributed by atoms with Gasteiger partial charge in [0.2, 0.25) is 5.91 Å². The molecule has 0 bridgehead atoms. The van der Waals surface area contributed by atoms with Crippen LogP contribution in [0.2, 0.25) is 0 Å². The van der Waals surface area contributed by atoms with Gasteiger partial charge in [-0.15, -0.1) is 0 Å². The Morgan fingerprint density at radius 1 is 1.25 bits per heavy atom. The molecule has 1 amide bonds. The number of carboxylic acid groups (broad SMARTS) is 1. The number of carbonyl (C=O) groups is 2. The van der Waals surface area contributed by atoms with Gasteiger partial charge in [0.15, 0.2) is 0 Å². The number of benzene rings is 1. The zero-order valence-corrected chi connectivity index (χ0v) is 12.3. The number of carboxylic acids is 1. The fourth-order valence-electron chi connectivity index (χ4n) is 1.95. The van der Waals surface area contributed by atoms with E-state index in [1.54, 1.807) is 0 Å². The molecule has 4 nitrogen and oxygen atoms in total. The highest BCUT2D eigenvalue weighted by molar-refractivity contribution is 5.87. The van der Waals surface area contributed by atoms with Gasteiger partial charge >= 0.3 is 5.97 Å². The van der Waals surface area contributed by atoms with Crippen molar-refractivity contribution in [3.05, 3.63) is 35.9 Å². The van der Waals surface area contributed by atoms with Crippen LogP contribution in [0.4, 0.5) is 0 Å². The Kier molecular flexibility index (Phi) is 5.74. The summed E-state index contributed by atoms with van der Waals surface area (Å²) < 4.78 is 0. The van der Waals surface area contributed by atoms with Crippen molar-refractivity contribution in [2.75, 3.05) is 6.54 Å². The van der Waals surface area contributed by atoms with E-state index in [9.17, 15) is 9.59 Å². The molecule has 0 heterocycles. The maximum Gasteiger partial charge on any atom is 0.303 e. The smallest absolute Gasteiger partial charge is 0.303 e. The van der Waals surface area contributed by atoms with E-state index in [1.165, 1.54) is 0 Å². The summed E-state index contributed by atoms with van der Waals surface area (Å²) in [5, 5.41) is 11.5. The fraction of sp³-hybridized carbons (Fsp3) is 0.500. The Bertz CT molecular complexity index is 454. The van der Waals surface area contributed by atoms with E-state index in [1.807, 2.05) is 51.1 Å². The average Bonchev–Trinajstić information content (AvgIpc) is 2.43. The molecule has 0 aliphatic heterocycles. The molecule has 2 N–H and O–H groups in total. The molecule has 0 fully saturated rings. The SMILES string of the molecule is CC(CCC(=O)O)CNC(=O)C(C)(C)c1ccccc1. The maximum atomic E-state index is 12.3. The third-order valence-electron chi connectivity index (χ3n) is 3.53. The normalized spacial score (nSPS) is 12.8. The van der Waals surface area contributed by atoms with Crippen LogP contribution in [-0.4, -0.2) is 23.5 Å². The number of amides is 1. The first kappa shape index (κ1) is 16.2. The number of hydrogen-bond donors (Lipinski definition) is 2. The first-order valence-electron chi connectivity index (χ1n) is 6.89. The van der Waals surface area contributed by atoms with Crippen LogP contribution in [-0.2, 0) is 15.0 Å². The van der Waals surface area contributed by atoms with Gasteiger partial charge in [0, 0.05) is 13.0 Å². The molecule has 110 valence electrons. The van der Waals surface area contributed by atoms with Crippen LogP contribution in [0.3, 0.4) is 0 Å². The summed E-state index contributed by atoms with van der Waals surface area (Å²) in [6.07, 6.45) is 0.709. The molecular formula is C16H23NO3. The highest BCUT2D eigenvalue weighted by Gasteiger charge is 2.29. The lowest BCUT2D eigenvalue weighted by atomic mass is 9.83. The van der Waals surface area contributed by atoms with Crippen LogP contribution < -0.4 is 5.32 Å². The van der Waals surface area contributed by atoms with Crippen molar-refractivity contribution in [2.24, 2.45) is 5.92 Å². The van der Waals surface area contributed by atoms with Crippen LogP contribution in [0.5, 0.6) is 0 Å². The van der Waals surface area contributed by atoms with Crippen LogP contribution in [0.15, 0.2) is 30.3 Å². The van der Waals surface area contributed by atoms with Crippen molar-refractivity contribution in [3.8, 4) is 0 Å². The van der Waals surface area contributed by atoms with E-state index in [0.717, 1.165) is 5.56 Å². The second-order valence-corrected chi connectivity index (χ2v) is 5.74. The molecular weight excluding hydrogens is 254 g/mol. The molecule has 1 unspecified atom stereocenters.